The first-order valence-corrected chi connectivity index (χ1v) is 15.7. The highest BCUT2D eigenvalue weighted by Crippen LogP contribution is 2.38. The maximum absolute atomic E-state index is 14.1. The Labute approximate surface area is 266 Å². The summed E-state index contributed by atoms with van der Waals surface area (Å²) in [4.78, 5) is 44.8. The average molecular weight is 680 g/mol. The fourth-order valence-corrected chi connectivity index (χ4v) is 6.60. The molecule has 0 unspecified atom stereocenters. The van der Waals surface area contributed by atoms with Gasteiger partial charge in [0.15, 0.2) is 4.80 Å². The molecule has 1 atom stereocenters. The Morgan fingerprint density at radius 2 is 1.89 bits per heavy atom. The number of benzene rings is 2. The summed E-state index contributed by atoms with van der Waals surface area (Å²) in [5, 5.41) is 0. The van der Waals surface area contributed by atoms with E-state index in [4.69, 9.17) is 23.6 Å². The summed E-state index contributed by atoms with van der Waals surface area (Å²) in [5.74, 6) is 0.644. The molecule has 0 saturated carbocycles. The number of rotatable bonds is 9. The number of allylic oxidation sites excluding steroid dienone is 1. The van der Waals surface area contributed by atoms with E-state index in [1.807, 2.05) is 32.0 Å². The molecular weight excluding hydrogens is 648 g/mol. The van der Waals surface area contributed by atoms with Crippen molar-refractivity contribution in [2.75, 3.05) is 20.8 Å². The van der Waals surface area contributed by atoms with E-state index in [0.29, 0.717) is 55.4 Å². The molecule has 228 valence electrons. The summed E-state index contributed by atoms with van der Waals surface area (Å²) in [6.45, 7) is 5.82. The summed E-state index contributed by atoms with van der Waals surface area (Å²) in [6.07, 6.45) is 2.95. The van der Waals surface area contributed by atoms with Gasteiger partial charge in [0.1, 0.15) is 23.3 Å². The second kappa shape index (κ2) is 13.2. The highest BCUT2D eigenvalue weighted by atomic mass is 79.9. The Kier molecular flexibility index (Phi) is 9.36. The Morgan fingerprint density at radius 3 is 2.57 bits per heavy atom. The average Bonchev–Trinajstić information content (AvgIpc) is 3.60. The first kappa shape index (κ1) is 31.2. The molecule has 0 aliphatic carbocycles. The number of methoxy groups -OCH3 is 2. The van der Waals surface area contributed by atoms with Crippen LogP contribution in [-0.2, 0) is 14.3 Å². The van der Waals surface area contributed by atoms with Crippen LogP contribution in [0.3, 0.4) is 0 Å². The van der Waals surface area contributed by atoms with Crippen LogP contribution in [0.25, 0.3) is 17.4 Å². The van der Waals surface area contributed by atoms with Crippen LogP contribution < -0.4 is 19.6 Å². The molecular formula is C33H31BrN2O7S. The van der Waals surface area contributed by atoms with Crippen LogP contribution in [0.15, 0.2) is 78.5 Å². The first-order chi connectivity index (χ1) is 21.2. The van der Waals surface area contributed by atoms with Gasteiger partial charge in [0.25, 0.3) is 5.56 Å². The molecule has 0 N–H and O–H groups in total. The van der Waals surface area contributed by atoms with Gasteiger partial charge in [-0.05, 0) is 68.3 Å². The zero-order valence-corrected chi connectivity index (χ0v) is 27.3. The van der Waals surface area contributed by atoms with Crippen LogP contribution in [-0.4, -0.2) is 37.3 Å². The molecule has 2 aromatic heterocycles. The molecule has 2 aromatic carbocycles. The minimum atomic E-state index is -0.815. The van der Waals surface area contributed by atoms with Gasteiger partial charge < -0.3 is 18.6 Å². The van der Waals surface area contributed by atoms with Gasteiger partial charge in [-0.15, -0.1) is 0 Å². The number of nitrogens with zero attached hydrogens (tertiary/aromatic N) is 2. The maximum Gasteiger partial charge on any atom is 0.338 e. The molecule has 9 nitrogen and oxygen atoms in total. The number of aromatic nitrogens is 1. The second-order valence-electron chi connectivity index (χ2n) is 10.0. The SMILES string of the molecule is CCCC1=C(C(=O)OCC)[C@@H](c2cc(Br)ccc2OC)n2c(s/c(=C\c3ccc(-c4ccc(C(=O)OC)cc4C)o3)c2=O)=N1. The topological polar surface area (TPSA) is 109 Å². The summed E-state index contributed by atoms with van der Waals surface area (Å²) in [5.41, 5.74) is 3.30. The maximum atomic E-state index is 14.1. The third kappa shape index (κ3) is 5.94. The van der Waals surface area contributed by atoms with Gasteiger partial charge in [0.2, 0.25) is 0 Å². The van der Waals surface area contributed by atoms with Crippen LogP contribution in [0, 0.1) is 6.92 Å². The van der Waals surface area contributed by atoms with Gasteiger partial charge in [-0.3, -0.25) is 9.36 Å². The Bertz CT molecular complexity index is 1970. The van der Waals surface area contributed by atoms with E-state index in [9.17, 15) is 14.4 Å². The number of thiazole rings is 1. The van der Waals surface area contributed by atoms with Gasteiger partial charge in [-0.25, -0.2) is 14.6 Å². The largest absolute Gasteiger partial charge is 0.496 e. The molecule has 1 aliphatic heterocycles. The molecule has 0 amide bonds. The Morgan fingerprint density at radius 1 is 1.09 bits per heavy atom. The van der Waals surface area contributed by atoms with Crippen molar-refractivity contribution in [2.24, 2.45) is 4.99 Å². The lowest BCUT2D eigenvalue weighted by Crippen LogP contribution is -2.40. The van der Waals surface area contributed by atoms with Crippen molar-refractivity contribution in [3.8, 4) is 17.1 Å². The van der Waals surface area contributed by atoms with E-state index >= 15 is 0 Å². The number of hydrogen-bond donors (Lipinski definition) is 0. The summed E-state index contributed by atoms with van der Waals surface area (Å²) >= 11 is 4.76. The lowest BCUT2D eigenvalue weighted by Gasteiger charge is -2.27. The normalized spacial score (nSPS) is 14.7. The summed E-state index contributed by atoms with van der Waals surface area (Å²) in [6, 6.07) is 13.5. The van der Waals surface area contributed by atoms with E-state index in [0.717, 1.165) is 22.0 Å². The van der Waals surface area contributed by atoms with Crippen LogP contribution in [0.4, 0.5) is 0 Å². The molecule has 4 aromatic rings. The Balaban J connectivity index is 1.66. The number of furan rings is 1. The second-order valence-corrected chi connectivity index (χ2v) is 11.9. The van der Waals surface area contributed by atoms with Crippen molar-refractivity contribution >= 4 is 45.3 Å². The molecule has 0 saturated heterocycles. The quantitative estimate of drug-likeness (QED) is 0.209. The lowest BCUT2D eigenvalue weighted by atomic mass is 9.93. The first-order valence-electron chi connectivity index (χ1n) is 14.0. The standard InChI is InChI=1S/C33H31BrN2O7S/c1-6-8-24-28(32(39)42-7-2)29(23-16-20(34)10-13-25(23)40-4)36-30(37)27(44-33(36)35-24)17-21-11-14-26(43-21)22-12-9-19(15-18(22)3)31(38)41-5/h9-17,29H,6-8H2,1-5H3/b27-17-/t29-/m1/s1. The highest BCUT2D eigenvalue weighted by Gasteiger charge is 2.36. The molecule has 44 heavy (non-hydrogen) atoms. The number of ether oxygens (including phenoxy) is 3. The van der Waals surface area contributed by atoms with Crippen LogP contribution in [0.1, 0.15) is 60.0 Å². The number of halogens is 1. The van der Waals surface area contributed by atoms with E-state index in [-0.39, 0.29) is 12.2 Å². The van der Waals surface area contributed by atoms with Crippen molar-refractivity contribution < 1.29 is 28.2 Å². The highest BCUT2D eigenvalue weighted by molar-refractivity contribution is 9.10. The fourth-order valence-electron chi connectivity index (χ4n) is 5.22. The van der Waals surface area contributed by atoms with Gasteiger partial charge >= 0.3 is 11.9 Å². The number of aryl methyl sites for hydroxylation is 1. The molecule has 1 aliphatic rings. The minimum absolute atomic E-state index is 0.181. The van der Waals surface area contributed by atoms with Crippen molar-refractivity contribution in [3.63, 3.8) is 0 Å². The zero-order chi connectivity index (χ0) is 31.5. The molecule has 5 rings (SSSR count). The van der Waals surface area contributed by atoms with E-state index < -0.39 is 18.0 Å². The van der Waals surface area contributed by atoms with E-state index in [1.165, 1.54) is 23.0 Å². The molecule has 3 heterocycles. The third-order valence-electron chi connectivity index (χ3n) is 7.19. The van der Waals surface area contributed by atoms with E-state index in [2.05, 4.69) is 15.9 Å². The van der Waals surface area contributed by atoms with Gasteiger partial charge in [0.05, 0.1) is 42.2 Å². The molecule has 0 bridgehead atoms. The number of fused-ring (bicyclic) bond motifs is 1. The monoisotopic (exact) mass is 678 g/mol. The molecule has 0 spiro atoms. The molecule has 11 heteroatoms. The van der Waals surface area contributed by atoms with E-state index in [1.54, 1.807) is 50.4 Å². The van der Waals surface area contributed by atoms with Gasteiger partial charge in [-0.2, -0.15) is 0 Å². The molecule has 0 fully saturated rings. The number of carbonyl (C=O) groups excluding carboxylic acids is 2. The number of carbonyl (C=O) groups is 2. The minimum Gasteiger partial charge on any atom is -0.496 e. The van der Waals surface area contributed by atoms with Crippen LogP contribution in [0.2, 0.25) is 0 Å². The van der Waals surface area contributed by atoms with Crippen molar-refractivity contribution in [2.45, 2.75) is 39.7 Å². The molecule has 0 radical (unpaired) electrons. The number of hydrogen-bond acceptors (Lipinski definition) is 9. The smallest absolute Gasteiger partial charge is 0.338 e. The van der Waals surface area contributed by atoms with Crippen LogP contribution in [0.5, 0.6) is 5.75 Å². The summed E-state index contributed by atoms with van der Waals surface area (Å²) < 4.78 is 24.8. The third-order valence-corrected chi connectivity index (χ3v) is 8.67. The van der Waals surface area contributed by atoms with Gasteiger partial charge in [0, 0.05) is 21.7 Å². The summed E-state index contributed by atoms with van der Waals surface area (Å²) in [7, 11) is 2.89. The Hall–Kier alpha value is -4.22. The fraction of sp³-hybridized carbons (Fsp3) is 0.273. The number of esters is 2. The van der Waals surface area contributed by atoms with Crippen molar-refractivity contribution in [1.29, 1.82) is 0 Å². The lowest BCUT2D eigenvalue weighted by molar-refractivity contribution is -0.139. The van der Waals surface area contributed by atoms with Crippen molar-refractivity contribution in [1.82, 2.24) is 4.57 Å². The van der Waals surface area contributed by atoms with Crippen molar-refractivity contribution in [3.05, 3.63) is 106 Å². The van der Waals surface area contributed by atoms with Gasteiger partial charge in [-0.1, -0.05) is 46.7 Å². The predicted octanol–water partition coefficient (Wildman–Crippen LogP) is 5.70. The predicted molar refractivity (Wildman–Crippen MR) is 171 cm³/mol. The van der Waals surface area contributed by atoms with Crippen LogP contribution >= 0.6 is 27.3 Å². The zero-order valence-electron chi connectivity index (χ0n) is 24.9.